The second-order valence-electron chi connectivity index (χ2n) is 6.61. The molecule has 1 amide bonds. The zero-order valence-corrected chi connectivity index (χ0v) is 15.4. The Morgan fingerprint density at radius 2 is 1.78 bits per heavy atom. The summed E-state index contributed by atoms with van der Waals surface area (Å²) in [4.78, 5) is 14.5. The Kier molecular flexibility index (Phi) is 5.96. The van der Waals surface area contributed by atoms with Crippen LogP contribution in [0.4, 0.5) is 4.39 Å². The molecule has 5 nitrogen and oxygen atoms in total. The van der Waals surface area contributed by atoms with Crippen molar-refractivity contribution in [3.05, 3.63) is 71.9 Å². The molecule has 0 saturated heterocycles. The highest BCUT2D eigenvalue weighted by Gasteiger charge is 2.18. The Morgan fingerprint density at radius 1 is 1.07 bits per heavy atom. The van der Waals surface area contributed by atoms with Crippen LogP contribution in [0.1, 0.15) is 31.7 Å². The minimum absolute atomic E-state index is 0.0374. The molecular formula is C21H22FN3O2. The number of aryl methyl sites for hydroxylation is 1. The summed E-state index contributed by atoms with van der Waals surface area (Å²) in [7, 11) is 0. The van der Waals surface area contributed by atoms with E-state index in [1.54, 1.807) is 12.1 Å². The number of nitrogens with zero attached hydrogens (tertiary/aromatic N) is 3. The monoisotopic (exact) mass is 367 g/mol. The van der Waals surface area contributed by atoms with E-state index in [-0.39, 0.29) is 24.2 Å². The standard InChI is InChI=1S/C21H22FN3O2/c1-15(2)25(14-16-6-4-3-5-7-16)20(26)13-12-19-23-24-21(27-19)17-8-10-18(22)11-9-17/h3-11,15H,12-14H2,1-2H3. The van der Waals surface area contributed by atoms with Crippen LogP contribution in [-0.2, 0) is 17.8 Å². The van der Waals surface area contributed by atoms with Gasteiger partial charge in [-0.3, -0.25) is 4.79 Å². The topological polar surface area (TPSA) is 59.2 Å². The number of carbonyl (C=O) groups excluding carboxylic acids is 1. The van der Waals surface area contributed by atoms with E-state index in [9.17, 15) is 9.18 Å². The average molecular weight is 367 g/mol. The number of hydrogen-bond donors (Lipinski definition) is 0. The van der Waals surface area contributed by atoms with Gasteiger partial charge in [0.05, 0.1) is 0 Å². The van der Waals surface area contributed by atoms with Crippen molar-refractivity contribution in [2.75, 3.05) is 0 Å². The molecule has 0 aliphatic heterocycles. The summed E-state index contributed by atoms with van der Waals surface area (Å²) in [5, 5.41) is 7.97. The first kappa shape index (κ1) is 18.8. The average Bonchev–Trinajstić information content (AvgIpc) is 3.14. The lowest BCUT2D eigenvalue weighted by Crippen LogP contribution is -2.36. The van der Waals surface area contributed by atoms with Crippen molar-refractivity contribution in [1.82, 2.24) is 15.1 Å². The molecule has 1 aromatic heterocycles. The van der Waals surface area contributed by atoms with Crippen LogP contribution in [0.25, 0.3) is 11.5 Å². The Balaban J connectivity index is 1.61. The van der Waals surface area contributed by atoms with Gasteiger partial charge in [0.2, 0.25) is 17.7 Å². The molecule has 0 saturated carbocycles. The molecule has 1 heterocycles. The van der Waals surface area contributed by atoms with Crippen LogP contribution < -0.4 is 0 Å². The molecule has 0 bridgehead atoms. The molecule has 27 heavy (non-hydrogen) atoms. The summed E-state index contributed by atoms with van der Waals surface area (Å²) < 4.78 is 18.6. The molecule has 0 aliphatic rings. The van der Waals surface area contributed by atoms with Gasteiger partial charge in [0.25, 0.3) is 0 Å². The molecule has 3 aromatic rings. The number of aromatic nitrogens is 2. The van der Waals surface area contributed by atoms with Crippen LogP contribution >= 0.6 is 0 Å². The second-order valence-corrected chi connectivity index (χ2v) is 6.61. The van der Waals surface area contributed by atoms with E-state index in [1.807, 2.05) is 49.1 Å². The third-order valence-electron chi connectivity index (χ3n) is 4.25. The van der Waals surface area contributed by atoms with E-state index < -0.39 is 0 Å². The normalized spacial score (nSPS) is 11.0. The first-order valence-corrected chi connectivity index (χ1v) is 8.94. The fraction of sp³-hybridized carbons (Fsp3) is 0.286. The van der Waals surface area contributed by atoms with Gasteiger partial charge in [0.1, 0.15) is 5.82 Å². The van der Waals surface area contributed by atoms with Gasteiger partial charge in [-0.15, -0.1) is 10.2 Å². The maximum absolute atomic E-state index is 13.0. The first-order valence-electron chi connectivity index (χ1n) is 8.94. The van der Waals surface area contributed by atoms with Crippen molar-refractivity contribution in [2.45, 2.75) is 39.3 Å². The van der Waals surface area contributed by atoms with Gasteiger partial charge in [-0.1, -0.05) is 30.3 Å². The number of halogens is 1. The smallest absolute Gasteiger partial charge is 0.247 e. The molecule has 0 fully saturated rings. The summed E-state index contributed by atoms with van der Waals surface area (Å²) >= 11 is 0. The quantitative estimate of drug-likeness (QED) is 0.626. The van der Waals surface area contributed by atoms with Crippen molar-refractivity contribution in [3.63, 3.8) is 0 Å². The fourth-order valence-electron chi connectivity index (χ4n) is 2.76. The second kappa shape index (κ2) is 8.58. The van der Waals surface area contributed by atoms with Gasteiger partial charge in [-0.2, -0.15) is 0 Å². The first-order chi connectivity index (χ1) is 13.0. The zero-order chi connectivity index (χ0) is 19.2. The molecular weight excluding hydrogens is 345 g/mol. The molecule has 2 aromatic carbocycles. The maximum atomic E-state index is 13.0. The van der Waals surface area contributed by atoms with Crippen LogP contribution in [0.3, 0.4) is 0 Å². The summed E-state index contributed by atoms with van der Waals surface area (Å²) in [5.74, 6) is 0.431. The van der Waals surface area contributed by atoms with Gasteiger partial charge in [-0.05, 0) is 43.7 Å². The highest BCUT2D eigenvalue weighted by molar-refractivity contribution is 5.76. The number of rotatable bonds is 7. The van der Waals surface area contributed by atoms with Gasteiger partial charge in [-0.25, -0.2) is 4.39 Å². The highest BCUT2D eigenvalue weighted by Crippen LogP contribution is 2.19. The van der Waals surface area contributed by atoms with Crippen LogP contribution in [0.5, 0.6) is 0 Å². The lowest BCUT2D eigenvalue weighted by atomic mass is 10.1. The van der Waals surface area contributed by atoms with Gasteiger partial charge in [0.15, 0.2) is 0 Å². The number of hydrogen-bond acceptors (Lipinski definition) is 4. The largest absolute Gasteiger partial charge is 0.421 e. The van der Waals surface area contributed by atoms with Crippen molar-refractivity contribution >= 4 is 5.91 Å². The summed E-state index contributed by atoms with van der Waals surface area (Å²) in [5.41, 5.74) is 1.74. The van der Waals surface area contributed by atoms with E-state index in [0.29, 0.717) is 30.3 Å². The lowest BCUT2D eigenvalue weighted by Gasteiger charge is -2.27. The predicted molar refractivity (Wildman–Crippen MR) is 100 cm³/mol. The van der Waals surface area contributed by atoms with Crippen molar-refractivity contribution in [2.24, 2.45) is 0 Å². The number of benzene rings is 2. The third kappa shape index (κ3) is 5.00. The maximum Gasteiger partial charge on any atom is 0.247 e. The van der Waals surface area contributed by atoms with E-state index in [0.717, 1.165) is 5.56 Å². The number of carbonyl (C=O) groups is 1. The molecule has 3 rings (SSSR count). The lowest BCUT2D eigenvalue weighted by molar-refractivity contribution is -0.133. The van der Waals surface area contributed by atoms with Crippen LogP contribution in [0, 0.1) is 5.82 Å². The Bertz CT molecular complexity index is 876. The van der Waals surface area contributed by atoms with Gasteiger partial charge in [0, 0.05) is 31.0 Å². The Labute approximate surface area is 157 Å². The number of amides is 1. The van der Waals surface area contributed by atoms with E-state index in [2.05, 4.69) is 10.2 Å². The van der Waals surface area contributed by atoms with Crippen molar-refractivity contribution < 1.29 is 13.6 Å². The van der Waals surface area contributed by atoms with Crippen molar-refractivity contribution in [1.29, 1.82) is 0 Å². The molecule has 0 radical (unpaired) electrons. The van der Waals surface area contributed by atoms with Crippen LogP contribution in [-0.4, -0.2) is 27.0 Å². The summed E-state index contributed by atoms with van der Waals surface area (Å²) in [6.07, 6.45) is 0.654. The SMILES string of the molecule is CC(C)N(Cc1ccccc1)C(=O)CCc1nnc(-c2ccc(F)cc2)o1. The molecule has 0 unspecified atom stereocenters. The van der Waals surface area contributed by atoms with E-state index in [4.69, 9.17) is 4.42 Å². The fourth-order valence-corrected chi connectivity index (χ4v) is 2.76. The van der Waals surface area contributed by atoms with Gasteiger partial charge >= 0.3 is 0 Å². The molecule has 0 N–H and O–H groups in total. The van der Waals surface area contributed by atoms with E-state index >= 15 is 0 Å². The summed E-state index contributed by atoms with van der Waals surface area (Å²) in [6.45, 7) is 4.57. The molecule has 140 valence electrons. The minimum atomic E-state index is -0.323. The Morgan fingerprint density at radius 3 is 2.44 bits per heavy atom. The zero-order valence-electron chi connectivity index (χ0n) is 15.4. The molecule has 0 spiro atoms. The van der Waals surface area contributed by atoms with Crippen LogP contribution in [0.15, 0.2) is 59.0 Å². The predicted octanol–water partition coefficient (Wildman–Crippen LogP) is 4.25. The van der Waals surface area contributed by atoms with Gasteiger partial charge < -0.3 is 9.32 Å². The van der Waals surface area contributed by atoms with Crippen molar-refractivity contribution in [3.8, 4) is 11.5 Å². The van der Waals surface area contributed by atoms with Crippen LogP contribution in [0.2, 0.25) is 0 Å². The summed E-state index contributed by atoms with van der Waals surface area (Å²) in [6, 6.07) is 15.8. The van der Waals surface area contributed by atoms with E-state index in [1.165, 1.54) is 12.1 Å². The molecule has 0 aliphatic carbocycles. The third-order valence-corrected chi connectivity index (χ3v) is 4.25. The Hall–Kier alpha value is -3.02. The molecule has 6 heteroatoms. The highest BCUT2D eigenvalue weighted by atomic mass is 19.1. The molecule has 0 atom stereocenters. The minimum Gasteiger partial charge on any atom is -0.421 e.